The molecule has 0 saturated carbocycles. The Morgan fingerprint density at radius 3 is 2.76 bits per heavy atom. The van der Waals surface area contributed by atoms with Crippen LogP contribution in [-0.2, 0) is 11.2 Å². The Hall–Kier alpha value is -2.04. The van der Waals surface area contributed by atoms with Crippen LogP contribution in [0, 0.1) is 0 Å². The van der Waals surface area contributed by atoms with E-state index >= 15 is 0 Å². The number of para-hydroxylation sites is 1. The van der Waals surface area contributed by atoms with Crippen molar-refractivity contribution in [3.63, 3.8) is 0 Å². The molecule has 0 saturated heterocycles. The Kier molecular flexibility index (Phi) is 4.83. The van der Waals surface area contributed by atoms with Gasteiger partial charge in [0.15, 0.2) is 0 Å². The Bertz CT molecular complexity index is 530. The van der Waals surface area contributed by atoms with Gasteiger partial charge in [0.2, 0.25) is 0 Å². The smallest absolute Gasteiger partial charge is 0.324 e. The highest BCUT2D eigenvalue weighted by atomic mass is 16.4. The summed E-state index contributed by atoms with van der Waals surface area (Å²) in [5.74, 6) is -0.881. The molecule has 0 aliphatic carbocycles. The number of aryl methyl sites for hydroxylation is 1. The number of carbonyl (C=O) groups excluding carboxylic acids is 1. The van der Waals surface area contributed by atoms with Gasteiger partial charge in [0.05, 0.1) is 6.42 Å². The highest BCUT2D eigenvalue weighted by Gasteiger charge is 2.30. The number of carboxylic acid groups (broad SMARTS) is 1. The van der Waals surface area contributed by atoms with Crippen molar-refractivity contribution in [1.82, 2.24) is 4.90 Å². The van der Waals surface area contributed by atoms with Gasteiger partial charge in [0.25, 0.3) is 0 Å². The first-order valence-corrected chi connectivity index (χ1v) is 7.42. The molecule has 0 radical (unpaired) electrons. The van der Waals surface area contributed by atoms with Crippen molar-refractivity contribution in [3.05, 3.63) is 29.8 Å². The van der Waals surface area contributed by atoms with Gasteiger partial charge in [-0.2, -0.15) is 0 Å². The van der Waals surface area contributed by atoms with Crippen LogP contribution < -0.4 is 4.90 Å². The molecule has 1 unspecified atom stereocenters. The van der Waals surface area contributed by atoms with E-state index in [0.717, 1.165) is 18.5 Å². The summed E-state index contributed by atoms with van der Waals surface area (Å²) in [6.45, 7) is 4.67. The number of benzene rings is 1. The third-order valence-electron chi connectivity index (χ3n) is 3.98. The maximum absolute atomic E-state index is 12.8. The average Bonchev–Trinajstić information content (AvgIpc) is 2.47. The highest BCUT2D eigenvalue weighted by Crippen LogP contribution is 2.31. The molecule has 1 heterocycles. The van der Waals surface area contributed by atoms with Crippen LogP contribution in [0.15, 0.2) is 24.3 Å². The molecule has 2 rings (SSSR count). The van der Waals surface area contributed by atoms with Gasteiger partial charge in [0.1, 0.15) is 0 Å². The fraction of sp³-hybridized carbons (Fsp3) is 0.500. The normalized spacial score (nSPS) is 17.2. The average molecular weight is 290 g/mol. The summed E-state index contributed by atoms with van der Waals surface area (Å²) in [5, 5.41) is 8.81. The largest absolute Gasteiger partial charge is 0.481 e. The van der Waals surface area contributed by atoms with Gasteiger partial charge in [-0.1, -0.05) is 18.2 Å². The number of urea groups is 1. The number of amides is 2. The van der Waals surface area contributed by atoms with Gasteiger partial charge in [-0.15, -0.1) is 0 Å². The van der Waals surface area contributed by atoms with E-state index in [2.05, 4.69) is 6.07 Å². The maximum Gasteiger partial charge on any atom is 0.324 e. The fourth-order valence-corrected chi connectivity index (χ4v) is 2.75. The Morgan fingerprint density at radius 2 is 2.10 bits per heavy atom. The minimum atomic E-state index is -0.881. The van der Waals surface area contributed by atoms with Crippen molar-refractivity contribution >= 4 is 17.7 Å². The van der Waals surface area contributed by atoms with Crippen LogP contribution >= 0.6 is 0 Å². The number of hydrogen-bond donors (Lipinski definition) is 1. The molecular weight excluding hydrogens is 268 g/mol. The lowest BCUT2D eigenvalue weighted by Gasteiger charge is -2.38. The van der Waals surface area contributed by atoms with E-state index in [1.165, 1.54) is 5.56 Å². The van der Waals surface area contributed by atoms with Crippen LogP contribution in [0.2, 0.25) is 0 Å². The van der Waals surface area contributed by atoms with Gasteiger partial charge in [-0.25, -0.2) is 4.79 Å². The molecule has 0 bridgehead atoms. The molecule has 1 aliphatic rings. The van der Waals surface area contributed by atoms with Crippen LogP contribution in [0.3, 0.4) is 0 Å². The van der Waals surface area contributed by atoms with Crippen molar-refractivity contribution in [1.29, 1.82) is 0 Å². The number of fused-ring (bicyclic) bond motifs is 1. The number of nitrogens with zero attached hydrogens (tertiary/aromatic N) is 2. The molecular formula is C16H22N2O3. The Morgan fingerprint density at radius 1 is 1.38 bits per heavy atom. The molecule has 1 atom stereocenters. The zero-order valence-electron chi connectivity index (χ0n) is 12.6. The lowest BCUT2D eigenvalue weighted by Crippen LogP contribution is -2.50. The molecule has 1 aliphatic heterocycles. The minimum absolute atomic E-state index is 0.0244. The van der Waals surface area contributed by atoms with Crippen LogP contribution in [-0.4, -0.2) is 41.1 Å². The SMILES string of the molecule is CCN(CCC(=O)O)C(=O)N1c2ccccc2CCC1C. The van der Waals surface area contributed by atoms with E-state index in [1.807, 2.05) is 36.9 Å². The lowest BCUT2D eigenvalue weighted by molar-refractivity contribution is -0.137. The molecule has 5 nitrogen and oxygen atoms in total. The van der Waals surface area contributed by atoms with Crippen molar-refractivity contribution in [2.75, 3.05) is 18.0 Å². The summed E-state index contributed by atoms with van der Waals surface area (Å²) in [6, 6.07) is 7.97. The first-order chi connectivity index (χ1) is 10.0. The summed E-state index contributed by atoms with van der Waals surface area (Å²) in [5.41, 5.74) is 2.13. The Labute approximate surface area is 125 Å². The second-order valence-electron chi connectivity index (χ2n) is 5.39. The molecule has 114 valence electrons. The van der Waals surface area contributed by atoms with Gasteiger partial charge in [-0.05, 0) is 38.3 Å². The van der Waals surface area contributed by atoms with Gasteiger partial charge < -0.3 is 10.0 Å². The molecule has 1 aromatic carbocycles. The number of hydrogen-bond acceptors (Lipinski definition) is 2. The van der Waals surface area contributed by atoms with E-state index in [1.54, 1.807) is 4.90 Å². The number of anilines is 1. The molecule has 2 amide bonds. The zero-order chi connectivity index (χ0) is 15.4. The monoisotopic (exact) mass is 290 g/mol. The second-order valence-corrected chi connectivity index (χ2v) is 5.39. The summed E-state index contributed by atoms with van der Waals surface area (Å²) in [4.78, 5) is 26.9. The quantitative estimate of drug-likeness (QED) is 0.927. The minimum Gasteiger partial charge on any atom is -0.481 e. The third kappa shape index (κ3) is 3.35. The van der Waals surface area contributed by atoms with Crippen LogP contribution in [0.5, 0.6) is 0 Å². The van der Waals surface area contributed by atoms with Crippen molar-refractivity contribution in [3.8, 4) is 0 Å². The number of rotatable bonds is 4. The van der Waals surface area contributed by atoms with Crippen LogP contribution in [0.25, 0.3) is 0 Å². The molecule has 1 N–H and O–H groups in total. The molecule has 21 heavy (non-hydrogen) atoms. The summed E-state index contributed by atoms with van der Waals surface area (Å²) in [7, 11) is 0. The van der Waals surface area contributed by atoms with Gasteiger partial charge in [-0.3, -0.25) is 9.69 Å². The lowest BCUT2D eigenvalue weighted by atomic mass is 9.97. The zero-order valence-corrected chi connectivity index (χ0v) is 12.6. The molecule has 0 fully saturated rings. The maximum atomic E-state index is 12.8. The van der Waals surface area contributed by atoms with Gasteiger partial charge >= 0.3 is 12.0 Å². The number of carbonyl (C=O) groups is 2. The van der Waals surface area contributed by atoms with Crippen molar-refractivity contribution in [2.45, 2.75) is 39.2 Å². The third-order valence-corrected chi connectivity index (χ3v) is 3.98. The number of carboxylic acids is 1. The van der Waals surface area contributed by atoms with Crippen molar-refractivity contribution in [2.24, 2.45) is 0 Å². The van der Waals surface area contributed by atoms with Gasteiger partial charge in [0, 0.05) is 24.8 Å². The number of aliphatic carboxylic acids is 1. The van der Waals surface area contributed by atoms with E-state index in [-0.39, 0.29) is 25.0 Å². The standard InChI is InChI=1S/C16H22N2O3/c1-3-17(11-10-15(19)20)16(21)18-12(2)8-9-13-6-4-5-7-14(13)18/h4-7,12H,3,8-11H2,1-2H3,(H,19,20). The van der Waals surface area contributed by atoms with Crippen LogP contribution in [0.1, 0.15) is 32.3 Å². The second kappa shape index (κ2) is 6.61. The van der Waals surface area contributed by atoms with Crippen molar-refractivity contribution < 1.29 is 14.7 Å². The summed E-state index contributed by atoms with van der Waals surface area (Å²) < 4.78 is 0. The molecule has 0 aromatic heterocycles. The van der Waals surface area contributed by atoms with E-state index in [9.17, 15) is 9.59 Å². The first kappa shape index (κ1) is 15.4. The predicted molar refractivity (Wildman–Crippen MR) is 81.6 cm³/mol. The summed E-state index contributed by atoms with van der Waals surface area (Å²) >= 11 is 0. The van der Waals surface area contributed by atoms with E-state index < -0.39 is 5.97 Å². The predicted octanol–water partition coefficient (Wildman–Crippen LogP) is 2.74. The van der Waals surface area contributed by atoms with E-state index in [0.29, 0.717) is 6.54 Å². The van der Waals surface area contributed by atoms with Crippen LogP contribution in [0.4, 0.5) is 10.5 Å². The topological polar surface area (TPSA) is 60.9 Å². The highest BCUT2D eigenvalue weighted by molar-refractivity contribution is 5.94. The molecule has 5 heteroatoms. The molecule has 1 aromatic rings. The first-order valence-electron chi connectivity index (χ1n) is 7.42. The van der Waals surface area contributed by atoms with E-state index in [4.69, 9.17) is 5.11 Å². The Balaban J connectivity index is 2.22. The summed E-state index contributed by atoms with van der Waals surface area (Å²) in [6.07, 6.45) is 1.88. The molecule has 0 spiro atoms. The fourth-order valence-electron chi connectivity index (χ4n) is 2.75.